The lowest BCUT2D eigenvalue weighted by Gasteiger charge is -2.11. The van der Waals surface area contributed by atoms with E-state index in [1.54, 1.807) is 6.20 Å². The third-order valence-electron chi connectivity index (χ3n) is 3.54. The summed E-state index contributed by atoms with van der Waals surface area (Å²) in [5.74, 6) is 1.43. The summed E-state index contributed by atoms with van der Waals surface area (Å²) in [5, 5.41) is 18.6. The standard InChI is InChI=1S/C11H14N4O2/c1-6-13-8-3-12-10(15-9(8)14-6)11(5-17)2-7(11)4-16/h3,7,16-17H,2,4-5H2,1H3,(H,12,13,14,15). The van der Waals surface area contributed by atoms with Crippen molar-refractivity contribution in [1.82, 2.24) is 19.9 Å². The zero-order valence-electron chi connectivity index (χ0n) is 9.51. The Hall–Kier alpha value is -1.53. The molecular formula is C11H14N4O2. The van der Waals surface area contributed by atoms with Gasteiger partial charge < -0.3 is 15.2 Å². The number of rotatable bonds is 3. The van der Waals surface area contributed by atoms with Crippen LogP contribution in [0.15, 0.2) is 6.20 Å². The molecule has 0 saturated heterocycles. The first-order chi connectivity index (χ1) is 8.19. The lowest BCUT2D eigenvalue weighted by Crippen LogP contribution is -2.20. The Labute approximate surface area is 97.8 Å². The van der Waals surface area contributed by atoms with Crippen molar-refractivity contribution < 1.29 is 10.2 Å². The highest BCUT2D eigenvalue weighted by atomic mass is 16.3. The van der Waals surface area contributed by atoms with Crippen molar-refractivity contribution in [2.24, 2.45) is 5.92 Å². The van der Waals surface area contributed by atoms with E-state index in [0.29, 0.717) is 11.5 Å². The maximum Gasteiger partial charge on any atom is 0.181 e. The van der Waals surface area contributed by atoms with Crippen LogP contribution in [0.5, 0.6) is 0 Å². The summed E-state index contributed by atoms with van der Waals surface area (Å²) >= 11 is 0. The van der Waals surface area contributed by atoms with E-state index in [9.17, 15) is 5.11 Å². The molecule has 0 aromatic carbocycles. The first-order valence-corrected chi connectivity index (χ1v) is 5.61. The van der Waals surface area contributed by atoms with Crippen LogP contribution in [0, 0.1) is 12.8 Å². The minimum absolute atomic E-state index is 0.0346. The van der Waals surface area contributed by atoms with Gasteiger partial charge in [0.15, 0.2) is 5.65 Å². The summed E-state index contributed by atoms with van der Waals surface area (Å²) < 4.78 is 0. The van der Waals surface area contributed by atoms with Crippen LogP contribution in [-0.4, -0.2) is 43.4 Å². The molecule has 1 aliphatic carbocycles. The largest absolute Gasteiger partial charge is 0.396 e. The van der Waals surface area contributed by atoms with Crippen LogP contribution in [0.3, 0.4) is 0 Å². The number of aliphatic hydroxyl groups is 2. The van der Waals surface area contributed by atoms with Gasteiger partial charge in [0.1, 0.15) is 17.2 Å². The van der Waals surface area contributed by atoms with Crippen LogP contribution in [-0.2, 0) is 5.41 Å². The summed E-state index contributed by atoms with van der Waals surface area (Å²) in [4.78, 5) is 15.9. The molecule has 6 nitrogen and oxygen atoms in total. The number of imidazole rings is 1. The summed E-state index contributed by atoms with van der Waals surface area (Å²) in [7, 11) is 0. The summed E-state index contributed by atoms with van der Waals surface area (Å²) in [6.45, 7) is 1.88. The molecule has 0 bridgehead atoms. The van der Waals surface area contributed by atoms with E-state index >= 15 is 0 Å². The lowest BCUT2D eigenvalue weighted by atomic mass is 10.0. The van der Waals surface area contributed by atoms with Gasteiger partial charge in [0.2, 0.25) is 0 Å². The Morgan fingerprint density at radius 1 is 1.47 bits per heavy atom. The highest BCUT2D eigenvalue weighted by molar-refractivity contribution is 5.69. The number of aliphatic hydroxyl groups excluding tert-OH is 2. The average Bonchev–Trinajstić information content (AvgIpc) is 2.95. The predicted octanol–water partition coefficient (Wildman–Crippen LogP) is -0.0964. The predicted molar refractivity (Wildman–Crippen MR) is 60.4 cm³/mol. The third-order valence-corrected chi connectivity index (χ3v) is 3.54. The molecule has 0 radical (unpaired) electrons. The summed E-state index contributed by atoms with van der Waals surface area (Å²) in [6.07, 6.45) is 2.41. The van der Waals surface area contributed by atoms with Crippen molar-refractivity contribution >= 4 is 11.2 Å². The SMILES string of the molecule is Cc1nc2nc(C3(CO)CC3CO)ncc2[nH]1. The third kappa shape index (κ3) is 1.44. The van der Waals surface area contributed by atoms with Crippen molar-refractivity contribution in [2.45, 2.75) is 18.8 Å². The highest BCUT2D eigenvalue weighted by Gasteiger charge is 2.57. The molecule has 1 saturated carbocycles. The smallest absolute Gasteiger partial charge is 0.181 e. The van der Waals surface area contributed by atoms with E-state index in [4.69, 9.17) is 5.11 Å². The van der Waals surface area contributed by atoms with Gasteiger partial charge in [-0.25, -0.2) is 15.0 Å². The van der Waals surface area contributed by atoms with Crippen LogP contribution >= 0.6 is 0 Å². The van der Waals surface area contributed by atoms with Gasteiger partial charge in [-0.05, 0) is 19.3 Å². The first-order valence-electron chi connectivity index (χ1n) is 5.61. The van der Waals surface area contributed by atoms with Gasteiger partial charge in [-0.2, -0.15) is 0 Å². The van der Waals surface area contributed by atoms with Crippen LogP contribution in [0.1, 0.15) is 18.1 Å². The number of fused-ring (bicyclic) bond motifs is 1. The molecule has 1 aliphatic rings. The van der Waals surface area contributed by atoms with Crippen molar-refractivity contribution in [3.63, 3.8) is 0 Å². The molecule has 1 fully saturated rings. The number of aryl methyl sites for hydroxylation is 1. The second-order valence-corrected chi connectivity index (χ2v) is 4.65. The molecule has 2 heterocycles. The molecule has 17 heavy (non-hydrogen) atoms. The second-order valence-electron chi connectivity index (χ2n) is 4.65. The Morgan fingerprint density at radius 3 is 2.94 bits per heavy atom. The zero-order chi connectivity index (χ0) is 12.0. The van der Waals surface area contributed by atoms with Crippen molar-refractivity contribution in [3.8, 4) is 0 Å². The molecule has 2 aromatic heterocycles. The summed E-state index contributed by atoms with van der Waals surface area (Å²) in [5.41, 5.74) is 0.944. The van der Waals surface area contributed by atoms with Crippen LogP contribution in [0.25, 0.3) is 11.2 Å². The van der Waals surface area contributed by atoms with Crippen molar-refractivity contribution in [3.05, 3.63) is 17.8 Å². The van der Waals surface area contributed by atoms with E-state index in [2.05, 4.69) is 19.9 Å². The quantitative estimate of drug-likeness (QED) is 0.689. The normalized spacial score (nSPS) is 27.6. The van der Waals surface area contributed by atoms with Crippen LogP contribution in [0.4, 0.5) is 0 Å². The lowest BCUT2D eigenvalue weighted by molar-refractivity contribution is 0.209. The number of nitrogens with zero attached hydrogens (tertiary/aromatic N) is 3. The highest BCUT2D eigenvalue weighted by Crippen LogP contribution is 2.52. The Kier molecular flexibility index (Phi) is 2.17. The molecule has 90 valence electrons. The molecule has 0 amide bonds. The second kappa shape index (κ2) is 3.48. The van der Waals surface area contributed by atoms with E-state index in [-0.39, 0.29) is 19.1 Å². The van der Waals surface area contributed by atoms with Gasteiger partial charge in [-0.3, -0.25) is 0 Å². The maximum absolute atomic E-state index is 9.47. The first kappa shape index (κ1) is 10.6. The number of hydrogen-bond acceptors (Lipinski definition) is 5. The number of H-pyrrole nitrogens is 1. The van der Waals surface area contributed by atoms with Crippen LogP contribution in [0.2, 0.25) is 0 Å². The van der Waals surface area contributed by atoms with E-state index in [1.807, 2.05) is 6.92 Å². The fourth-order valence-corrected chi connectivity index (χ4v) is 2.33. The van der Waals surface area contributed by atoms with Gasteiger partial charge >= 0.3 is 0 Å². The molecule has 2 aromatic rings. The molecule has 2 unspecified atom stereocenters. The minimum atomic E-state index is -0.463. The Morgan fingerprint density at radius 2 is 2.29 bits per heavy atom. The van der Waals surface area contributed by atoms with E-state index in [0.717, 1.165) is 17.8 Å². The number of hydrogen-bond donors (Lipinski definition) is 3. The average molecular weight is 234 g/mol. The number of aromatic nitrogens is 4. The molecule has 3 N–H and O–H groups in total. The Bertz CT molecular complexity index is 568. The van der Waals surface area contributed by atoms with Gasteiger partial charge in [0.05, 0.1) is 18.2 Å². The molecule has 0 aliphatic heterocycles. The van der Waals surface area contributed by atoms with Crippen LogP contribution < -0.4 is 0 Å². The van der Waals surface area contributed by atoms with Gasteiger partial charge in [-0.1, -0.05) is 0 Å². The van der Waals surface area contributed by atoms with Gasteiger partial charge in [-0.15, -0.1) is 0 Å². The van der Waals surface area contributed by atoms with E-state index < -0.39 is 5.41 Å². The number of nitrogens with one attached hydrogen (secondary N) is 1. The Balaban J connectivity index is 2.06. The molecule has 0 spiro atoms. The maximum atomic E-state index is 9.47. The fourth-order valence-electron chi connectivity index (χ4n) is 2.33. The molecule has 3 rings (SSSR count). The molecule has 6 heteroatoms. The zero-order valence-corrected chi connectivity index (χ0v) is 9.51. The van der Waals surface area contributed by atoms with Crippen molar-refractivity contribution in [2.75, 3.05) is 13.2 Å². The van der Waals surface area contributed by atoms with Gasteiger partial charge in [0, 0.05) is 6.61 Å². The topological polar surface area (TPSA) is 94.9 Å². The molecule has 2 atom stereocenters. The fraction of sp³-hybridized carbons (Fsp3) is 0.545. The van der Waals surface area contributed by atoms with Crippen molar-refractivity contribution in [1.29, 1.82) is 0 Å². The minimum Gasteiger partial charge on any atom is -0.396 e. The molecular weight excluding hydrogens is 220 g/mol. The van der Waals surface area contributed by atoms with E-state index in [1.165, 1.54) is 0 Å². The van der Waals surface area contributed by atoms with Gasteiger partial charge in [0.25, 0.3) is 0 Å². The number of aromatic amines is 1. The summed E-state index contributed by atoms with van der Waals surface area (Å²) in [6, 6.07) is 0. The monoisotopic (exact) mass is 234 g/mol.